The van der Waals surface area contributed by atoms with Crippen molar-refractivity contribution in [3.63, 3.8) is 0 Å². The predicted octanol–water partition coefficient (Wildman–Crippen LogP) is 2.13. The molecule has 0 saturated carbocycles. The summed E-state index contributed by atoms with van der Waals surface area (Å²) in [6.45, 7) is 1.90. The molecule has 0 saturated heterocycles. The summed E-state index contributed by atoms with van der Waals surface area (Å²) in [7, 11) is 0. The minimum absolute atomic E-state index is 0.286. The minimum atomic E-state index is -0.767. The maximum Gasteiger partial charge on any atom is 0.126 e. The van der Waals surface area contributed by atoms with E-state index in [0.29, 0.717) is 6.42 Å². The molecule has 0 radical (unpaired) electrons. The molecule has 0 fully saturated rings. The Morgan fingerprint density at radius 1 is 1.27 bits per heavy atom. The van der Waals surface area contributed by atoms with Gasteiger partial charge in [0.1, 0.15) is 11.6 Å². The van der Waals surface area contributed by atoms with Gasteiger partial charge < -0.3 is 10.8 Å². The highest BCUT2D eigenvalue weighted by Crippen LogP contribution is 2.19. The molecule has 0 unspecified atom stereocenters. The number of hydrogen-bond acceptors (Lipinski definition) is 2. The van der Waals surface area contributed by atoms with Gasteiger partial charge in [-0.15, -0.1) is 0 Å². The van der Waals surface area contributed by atoms with Crippen LogP contribution in [0.3, 0.4) is 0 Å². The fourth-order valence-electron chi connectivity index (χ4n) is 1.47. The second-order valence-corrected chi connectivity index (χ2v) is 3.58. The van der Waals surface area contributed by atoms with Crippen molar-refractivity contribution in [3.05, 3.63) is 35.4 Å². The van der Waals surface area contributed by atoms with Crippen LogP contribution < -0.4 is 5.73 Å². The van der Waals surface area contributed by atoms with E-state index in [1.54, 1.807) is 0 Å². The topological polar surface area (TPSA) is 46.2 Å². The van der Waals surface area contributed by atoms with Crippen molar-refractivity contribution >= 4 is 0 Å². The molecular weight excluding hydrogens is 200 g/mol. The van der Waals surface area contributed by atoms with Gasteiger partial charge in [0.05, 0.1) is 12.1 Å². The highest BCUT2D eigenvalue weighted by atomic mass is 19.1. The summed E-state index contributed by atoms with van der Waals surface area (Å²) in [6.07, 6.45) is 0.516. The quantitative estimate of drug-likeness (QED) is 0.808. The van der Waals surface area contributed by atoms with Gasteiger partial charge in [-0.3, -0.25) is 0 Å². The Morgan fingerprint density at radius 2 is 1.80 bits per heavy atom. The van der Waals surface area contributed by atoms with E-state index in [1.807, 2.05) is 6.92 Å². The molecule has 0 bridgehead atoms. The highest BCUT2D eigenvalue weighted by molar-refractivity contribution is 5.22. The zero-order valence-corrected chi connectivity index (χ0v) is 8.58. The summed E-state index contributed by atoms with van der Waals surface area (Å²) in [5.74, 6) is -1.35. The molecule has 2 atom stereocenters. The van der Waals surface area contributed by atoms with Crippen LogP contribution in [0.1, 0.15) is 31.4 Å². The molecule has 0 aliphatic carbocycles. The molecule has 1 aromatic rings. The number of rotatable bonds is 4. The van der Waals surface area contributed by atoms with Gasteiger partial charge in [0.15, 0.2) is 0 Å². The van der Waals surface area contributed by atoms with Crippen LogP contribution in [0.25, 0.3) is 0 Å². The monoisotopic (exact) mass is 215 g/mol. The van der Waals surface area contributed by atoms with Crippen LogP contribution in [-0.4, -0.2) is 11.2 Å². The average Bonchev–Trinajstić information content (AvgIpc) is 2.15. The van der Waals surface area contributed by atoms with Crippen molar-refractivity contribution in [3.8, 4) is 0 Å². The van der Waals surface area contributed by atoms with Crippen molar-refractivity contribution in [1.82, 2.24) is 0 Å². The van der Waals surface area contributed by atoms with E-state index in [9.17, 15) is 13.9 Å². The molecule has 84 valence electrons. The fraction of sp³-hybridized carbons (Fsp3) is 0.455. The molecule has 0 spiro atoms. The number of aliphatic hydroxyl groups excluding tert-OH is 1. The van der Waals surface area contributed by atoms with Crippen LogP contribution in [0.2, 0.25) is 0 Å². The molecule has 1 aromatic carbocycles. The van der Waals surface area contributed by atoms with Crippen molar-refractivity contribution in [2.24, 2.45) is 5.73 Å². The van der Waals surface area contributed by atoms with E-state index >= 15 is 0 Å². The smallest absolute Gasteiger partial charge is 0.126 e. The molecular formula is C11H15F2NO. The number of aliphatic hydroxyl groups is 1. The zero-order valence-electron chi connectivity index (χ0n) is 8.58. The third-order valence-electron chi connectivity index (χ3n) is 2.27. The Balaban J connectivity index is 2.85. The molecule has 0 amide bonds. The zero-order chi connectivity index (χ0) is 11.4. The van der Waals surface area contributed by atoms with E-state index in [1.165, 1.54) is 0 Å². The van der Waals surface area contributed by atoms with Gasteiger partial charge >= 0.3 is 0 Å². The van der Waals surface area contributed by atoms with E-state index < -0.39 is 23.8 Å². The first-order valence-electron chi connectivity index (χ1n) is 4.94. The normalized spacial score (nSPS) is 15.0. The number of hydrogen-bond donors (Lipinski definition) is 2. The van der Waals surface area contributed by atoms with Crippen molar-refractivity contribution in [2.45, 2.75) is 31.9 Å². The lowest BCUT2D eigenvalue weighted by Crippen LogP contribution is -2.26. The van der Waals surface area contributed by atoms with E-state index in [2.05, 4.69) is 0 Å². The van der Waals surface area contributed by atoms with Gasteiger partial charge in [0, 0.05) is 6.07 Å². The SMILES string of the molecule is CCC[C@@H](O)[C@@H](N)c1cc(F)cc(F)c1. The number of halogens is 2. The summed E-state index contributed by atoms with van der Waals surface area (Å²) >= 11 is 0. The summed E-state index contributed by atoms with van der Waals surface area (Å²) < 4.78 is 25.7. The molecule has 2 nitrogen and oxygen atoms in total. The Hall–Kier alpha value is -1.00. The summed E-state index contributed by atoms with van der Waals surface area (Å²) in [6, 6.07) is 2.33. The van der Waals surface area contributed by atoms with Gasteiger partial charge in [0.2, 0.25) is 0 Å². The van der Waals surface area contributed by atoms with Gasteiger partial charge in [-0.2, -0.15) is 0 Å². The third kappa shape index (κ3) is 3.25. The highest BCUT2D eigenvalue weighted by Gasteiger charge is 2.17. The van der Waals surface area contributed by atoms with Crippen molar-refractivity contribution < 1.29 is 13.9 Å². The Kier molecular flexibility index (Phi) is 4.17. The first kappa shape index (κ1) is 12.1. The Labute approximate surface area is 87.7 Å². The second-order valence-electron chi connectivity index (χ2n) is 3.58. The maximum absolute atomic E-state index is 12.9. The molecule has 0 aromatic heterocycles. The average molecular weight is 215 g/mol. The van der Waals surface area contributed by atoms with Crippen LogP contribution in [-0.2, 0) is 0 Å². The number of nitrogens with two attached hydrogens (primary N) is 1. The van der Waals surface area contributed by atoms with Crippen molar-refractivity contribution in [1.29, 1.82) is 0 Å². The Bertz CT molecular complexity index is 310. The number of benzene rings is 1. The lowest BCUT2D eigenvalue weighted by molar-refractivity contribution is 0.134. The molecule has 0 aliphatic rings. The fourth-order valence-corrected chi connectivity index (χ4v) is 1.47. The lowest BCUT2D eigenvalue weighted by atomic mass is 9.99. The first-order valence-corrected chi connectivity index (χ1v) is 4.94. The molecule has 1 rings (SSSR count). The van der Waals surface area contributed by atoms with Crippen LogP contribution in [0.4, 0.5) is 8.78 Å². The van der Waals surface area contributed by atoms with Crippen LogP contribution in [0.5, 0.6) is 0 Å². The molecule has 15 heavy (non-hydrogen) atoms. The molecule has 4 heteroatoms. The van der Waals surface area contributed by atoms with E-state index in [4.69, 9.17) is 5.73 Å². The largest absolute Gasteiger partial charge is 0.391 e. The van der Waals surface area contributed by atoms with Crippen molar-refractivity contribution in [2.75, 3.05) is 0 Å². The minimum Gasteiger partial charge on any atom is -0.391 e. The Morgan fingerprint density at radius 3 is 2.27 bits per heavy atom. The predicted molar refractivity (Wildman–Crippen MR) is 54.2 cm³/mol. The van der Waals surface area contributed by atoms with Gasteiger partial charge in [-0.05, 0) is 24.1 Å². The lowest BCUT2D eigenvalue weighted by Gasteiger charge is -2.18. The van der Waals surface area contributed by atoms with E-state index in [0.717, 1.165) is 24.6 Å². The summed E-state index contributed by atoms with van der Waals surface area (Å²) in [5.41, 5.74) is 5.96. The van der Waals surface area contributed by atoms with E-state index in [-0.39, 0.29) is 5.56 Å². The summed E-state index contributed by atoms with van der Waals surface area (Å²) in [5, 5.41) is 9.58. The second kappa shape index (κ2) is 5.19. The van der Waals surface area contributed by atoms with Gasteiger partial charge in [0.25, 0.3) is 0 Å². The first-order chi connectivity index (χ1) is 7.04. The molecule has 3 N–H and O–H groups in total. The maximum atomic E-state index is 12.9. The third-order valence-corrected chi connectivity index (χ3v) is 2.27. The molecule has 0 aliphatic heterocycles. The van der Waals surface area contributed by atoms with Crippen LogP contribution in [0.15, 0.2) is 18.2 Å². The van der Waals surface area contributed by atoms with Crippen LogP contribution >= 0.6 is 0 Å². The van der Waals surface area contributed by atoms with Crippen LogP contribution in [0, 0.1) is 11.6 Å². The standard InChI is InChI=1S/C11H15F2NO/c1-2-3-10(15)11(14)7-4-8(12)6-9(13)5-7/h4-6,10-11,15H,2-3,14H2,1H3/t10-,11+/m1/s1. The van der Waals surface area contributed by atoms with Gasteiger partial charge in [-0.1, -0.05) is 13.3 Å². The summed E-state index contributed by atoms with van der Waals surface area (Å²) in [4.78, 5) is 0. The van der Waals surface area contributed by atoms with Gasteiger partial charge in [-0.25, -0.2) is 8.78 Å². The molecule has 0 heterocycles.